The van der Waals surface area contributed by atoms with Gasteiger partial charge in [0.2, 0.25) is 0 Å². The third-order valence-corrected chi connectivity index (χ3v) is 3.93. The summed E-state index contributed by atoms with van der Waals surface area (Å²) in [7, 11) is 1.56. The summed E-state index contributed by atoms with van der Waals surface area (Å²) < 4.78 is 18.1. The van der Waals surface area contributed by atoms with Gasteiger partial charge in [0, 0.05) is 5.56 Å². The van der Waals surface area contributed by atoms with E-state index >= 15 is 0 Å². The number of hydrogen-bond donors (Lipinski definition) is 3. The molecule has 1 unspecified atom stereocenters. The number of carbonyl (C=O) groups excluding carboxylic acids is 1. The molecular formula is C19H16FN3O4. The van der Waals surface area contributed by atoms with Crippen LogP contribution in [0.3, 0.4) is 0 Å². The highest BCUT2D eigenvalue weighted by molar-refractivity contribution is 5.96. The molecule has 0 aliphatic rings. The van der Waals surface area contributed by atoms with Gasteiger partial charge in [0.15, 0.2) is 6.04 Å². The van der Waals surface area contributed by atoms with Crippen LogP contribution >= 0.6 is 0 Å². The average Bonchev–Trinajstić information content (AvgIpc) is 3.17. The quantitative estimate of drug-likeness (QED) is 0.620. The molecule has 3 aromatic rings. The smallest absolute Gasteiger partial charge is 0.330 e. The van der Waals surface area contributed by atoms with E-state index in [9.17, 15) is 19.1 Å². The Kier molecular flexibility index (Phi) is 5.16. The highest BCUT2D eigenvalue weighted by Gasteiger charge is 2.23. The number of carboxylic acids is 1. The Bertz CT molecular complexity index is 952. The maximum atomic E-state index is 13.0. The van der Waals surface area contributed by atoms with Gasteiger partial charge in [-0.15, -0.1) is 0 Å². The van der Waals surface area contributed by atoms with Crippen LogP contribution in [0.2, 0.25) is 0 Å². The Hall–Kier alpha value is -3.68. The summed E-state index contributed by atoms with van der Waals surface area (Å²) in [4.78, 5) is 23.9. The Labute approximate surface area is 153 Å². The maximum absolute atomic E-state index is 13.0. The summed E-state index contributed by atoms with van der Waals surface area (Å²) in [5, 5.41) is 18.4. The van der Waals surface area contributed by atoms with Gasteiger partial charge in [0.25, 0.3) is 5.91 Å². The first-order valence-electron chi connectivity index (χ1n) is 7.97. The van der Waals surface area contributed by atoms with Crippen molar-refractivity contribution in [1.82, 2.24) is 15.5 Å². The molecule has 0 aliphatic heterocycles. The number of amides is 1. The molecule has 0 aliphatic carbocycles. The summed E-state index contributed by atoms with van der Waals surface area (Å²) in [5.74, 6) is -1.70. The molecule has 0 saturated heterocycles. The molecule has 3 N–H and O–H groups in total. The van der Waals surface area contributed by atoms with E-state index in [4.69, 9.17) is 4.74 Å². The maximum Gasteiger partial charge on any atom is 0.330 e. The van der Waals surface area contributed by atoms with E-state index in [0.29, 0.717) is 11.4 Å². The number of carboxylic acid groups (broad SMARTS) is 1. The predicted octanol–water partition coefficient (Wildman–Crippen LogP) is 2.78. The van der Waals surface area contributed by atoms with Crippen LogP contribution in [0, 0.1) is 5.82 Å². The molecular weight excluding hydrogens is 353 g/mol. The van der Waals surface area contributed by atoms with E-state index < -0.39 is 23.7 Å². The minimum atomic E-state index is -1.31. The van der Waals surface area contributed by atoms with E-state index in [1.165, 1.54) is 18.2 Å². The fraction of sp³-hybridized carbons (Fsp3) is 0.105. The first-order valence-corrected chi connectivity index (χ1v) is 7.97. The van der Waals surface area contributed by atoms with Crippen molar-refractivity contribution in [3.63, 3.8) is 0 Å². The molecule has 3 rings (SSSR count). The van der Waals surface area contributed by atoms with E-state index in [1.807, 2.05) is 0 Å². The highest BCUT2D eigenvalue weighted by atomic mass is 19.1. The second kappa shape index (κ2) is 7.69. The van der Waals surface area contributed by atoms with Crippen molar-refractivity contribution in [2.75, 3.05) is 7.11 Å². The predicted molar refractivity (Wildman–Crippen MR) is 94.8 cm³/mol. The molecule has 0 bridgehead atoms. The number of hydrogen-bond acceptors (Lipinski definition) is 4. The third-order valence-electron chi connectivity index (χ3n) is 3.93. The molecule has 27 heavy (non-hydrogen) atoms. The number of methoxy groups -OCH3 is 1. The van der Waals surface area contributed by atoms with E-state index in [0.717, 1.165) is 17.7 Å². The third kappa shape index (κ3) is 4.12. The van der Waals surface area contributed by atoms with Gasteiger partial charge in [-0.05, 0) is 48.0 Å². The van der Waals surface area contributed by atoms with Crippen molar-refractivity contribution in [3.05, 3.63) is 71.7 Å². The van der Waals surface area contributed by atoms with Crippen molar-refractivity contribution < 1.29 is 23.8 Å². The standard InChI is InChI=1S/C19H16FN3O4/c1-27-14-8-4-11(5-9-14)15-10-16(23-22-15)18(24)21-17(19(25)26)12-2-6-13(20)7-3-12/h2-10,17H,1H3,(H,21,24)(H,22,23)(H,25,26). The molecule has 0 radical (unpaired) electrons. The second-order valence-corrected chi connectivity index (χ2v) is 5.69. The Morgan fingerprint density at radius 1 is 1.15 bits per heavy atom. The zero-order chi connectivity index (χ0) is 19.4. The molecule has 1 amide bonds. The number of H-pyrrole nitrogens is 1. The summed E-state index contributed by atoms with van der Waals surface area (Å²) in [6, 6.07) is 12.2. The second-order valence-electron chi connectivity index (χ2n) is 5.69. The van der Waals surface area contributed by atoms with Gasteiger partial charge in [-0.25, -0.2) is 9.18 Å². The normalized spacial score (nSPS) is 11.6. The number of benzene rings is 2. The number of nitrogens with zero attached hydrogens (tertiary/aromatic N) is 1. The van der Waals surface area contributed by atoms with Gasteiger partial charge < -0.3 is 15.2 Å². The number of rotatable bonds is 6. The van der Waals surface area contributed by atoms with Crippen LogP contribution in [0.25, 0.3) is 11.3 Å². The van der Waals surface area contributed by atoms with Crippen molar-refractivity contribution in [1.29, 1.82) is 0 Å². The van der Waals surface area contributed by atoms with Crippen molar-refractivity contribution in [2.45, 2.75) is 6.04 Å². The lowest BCUT2D eigenvalue weighted by atomic mass is 10.1. The van der Waals surface area contributed by atoms with Crippen LogP contribution in [0.5, 0.6) is 5.75 Å². The van der Waals surface area contributed by atoms with Crippen LogP contribution in [-0.2, 0) is 4.79 Å². The number of carbonyl (C=O) groups is 2. The first kappa shape index (κ1) is 18.1. The lowest BCUT2D eigenvalue weighted by Gasteiger charge is -2.14. The molecule has 0 fully saturated rings. The zero-order valence-electron chi connectivity index (χ0n) is 14.3. The minimum Gasteiger partial charge on any atom is -0.497 e. The fourth-order valence-electron chi connectivity index (χ4n) is 2.50. The van der Waals surface area contributed by atoms with Gasteiger partial charge in [-0.2, -0.15) is 5.10 Å². The van der Waals surface area contributed by atoms with Gasteiger partial charge in [0.1, 0.15) is 17.3 Å². The minimum absolute atomic E-state index is 0.106. The number of aromatic nitrogens is 2. The van der Waals surface area contributed by atoms with Gasteiger partial charge in [-0.3, -0.25) is 9.89 Å². The highest BCUT2D eigenvalue weighted by Crippen LogP contribution is 2.21. The monoisotopic (exact) mass is 369 g/mol. The first-order chi connectivity index (χ1) is 13.0. The van der Waals surface area contributed by atoms with Crippen LogP contribution in [-0.4, -0.2) is 34.3 Å². The van der Waals surface area contributed by atoms with E-state index in [2.05, 4.69) is 15.5 Å². The molecule has 0 saturated carbocycles. The summed E-state index contributed by atoms with van der Waals surface area (Å²) in [5.41, 5.74) is 1.65. The van der Waals surface area contributed by atoms with Crippen LogP contribution in [0.4, 0.5) is 4.39 Å². The summed E-state index contributed by atoms with van der Waals surface area (Å²) in [6.45, 7) is 0. The largest absolute Gasteiger partial charge is 0.497 e. The van der Waals surface area contributed by atoms with Crippen molar-refractivity contribution in [3.8, 4) is 17.0 Å². The summed E-state index contributed by atoms with van der Waals surface area (Å²) >= 11 is 0. The number of aromatic amines is 1. The van der Waals surface area contributed by atoms with Crippen molar-refractivity contribution >= 4 is 11.9 Å². The molecule has 2 aromatic carbocycles. The molecule has 7 nitrogen and oxygen atoms in total. The van der Waals surface area contributed by atoms with Gasteiger partial charge in [-0.1, -0.05) is 12.1 Å². The summed E-state index contributed by atoms with van der Waals surface area (Å²) in [6.07, 6.45) is 0. The topological polar surface area (TPSA) is 104 Å². The van der Waals surface area contributed by atoms with E-state index in [1.54, 1.807) is 31.4 Å². The number of nitrogens with one attached hydrogen (secondary N) is 2. The van der Waals surface area contributed by atoms with Gasteiger partial charge in [0.05, 0.1) is 12.8 Å². The number of halogens is 1. The zero-order valence-corrected chi connectivity index (χ0v) is 14.3. The van der Waals surface area contributed by atoms with Crippen LogP contribution < -0.4 is 10.1 Å². The molecule has 1 atom stereocenters. The molecule has 0 spiro atoms. The van der Waals surface area contributed by atoms with Gasteiger partial charge >= 0.3 is 5.97 Å². The van der Waals surface area contributed by atoms with E-state index in [-0.39, 0.29) is 11.3 Å². The number of aliphatic carboxylic acids is 1. The lowest BCUT2D eigenvalue weighted by Crippen LogP contribution is -2.34. The molecule has 8 heteroatoms. The molecule has 138 valence electrons. The number of ether oxygens (including phenoxy) is 1. The Morgan fingerprint density at radius 3 is 2.41 bits per heavy atom. The van der Waals surface area contributed by atoms with Crippen LogP contribution in [0.15, 0.2) is 54.6 Å². The fourth-order valence-corrected chi connectivity index (χ4v) is 2.50. The van der Waals surface area contributed by atoms with Crippen LogP contribution in [0.1, 0.15) is 22.1 Å². The molecule has 1 heterocycles. The Balaban J connectivity index is 1.77. The molecule has 1 aromatic heterocycles. The Morgan fingerprint density at radius 2 is 1.81 bits per heavy atom. The average molecular weight is 369 g/mol. The SMILES string of the molecule is COc1ccc(-c2cc(C(=O)NC(C(=O)O)c3ccc(F)cc3)[nH]n2)cc1. The lowest BCUT2D eigenvalue weighted by molar-refractivity contribution is -0.139. The van der Waals surface area contributed by atoms with Crippen molar-refractivity contribution in [2.24, 2.45) is 0 Å².